The smallest absolute Gasteiger partial charge is 0.245 e. The number of nitrogens with one attached hydrogen (secondary N) is 3. The number of likely N-dealkylation sites (tertiary alicyclic amines) is 1. The average Bonchev–Trinajstić information content (AvgIpc) is 3.54. The number of aromatic nitrogens is 1. The minimum atomic E-state index is -0.962. The van der Waals surface area contributed by atoms with Crippen molar-refractivity contribution in [3.8, 4) is 10.4 Å². The zero-order chi connectivity index (χ0) is 30.1. The lowest BCUT2D eigenvalue weighted by Crippen LogP contribution is -2.56. The molecule has 4 amide bonds. The first kappa shape index (κ1) is 32.2. The number of aryl methyl sites for hydroxylation is 1. The molecular weight excluding hydrogens is 546 g/mol. The Hall–Kier alpha value is -3.35. The first-order valence-corrected chi connectivity index (χ1v) is 14.7. The summed E-state index contributed by atoms with van der Waals surface area (Å²) in [7, 11) is 1.49. The van der Waals surface area contributed by atoms with Crippen molar-refractivity contribution in [3.05, 3.63) is 41.0 Å². The van der Waals surface area contributed by atoms with Crippen LogP contribution in [0.1, 0.15) is 51.3 Å². The highest BCUT2D eigenvalue weighted by Gasteiger charge is 2.40. The van der Waals surface area contributed by atoms with Gasteiger partial charge in [0.05, 0.1) is 28.8 Å². The summed E-state index contributed by atoms with van der Waals surface area (Å²) in [4.78, 5) is 58.3. The number of rotatable bonds is 13. The third-order valence-electron chi connectivity index (χ3n) is 6.91. The molecule has 0 saturated carbocycles. The van der Waals surface area contributed by atoms with Gasteiger partial charge in [0.2, 0.25) is 23.6 Å². The van der Waals surface area contributed by atoms with E-state index in [1.54, 1.807) is 16.8 Å². The van der Waals surface area contributed by atoms with Gasteiger partial charge in [-0.25, -0.2) is 4.98 Å². The number of nitrogens with zero attached hydrogens (tertiary/aromatic N) is 2. The zero-order valence-electron chi connectivity index (χ0n) is 24.3. The first-order chi connectivity index (χ1) is 19.5. The number of benzene rings is 1. The predicted octanol–water partition coefficient (Wildman–Crippen LogP) is 1.77. The molecule has 11 nitrogen and oxygen atoms in total. The van der Waals surface area contributed by atoms with Gasteiger partial charge < -0.3 is 30.7 Å². The number of carbonyl (C=O) groups is 4. The van der Waals surface area contributed by atoms with E-state index in [0.29, 0.717) is 6.42 Å². The van der Waals surface area contributed by atoms with E-state index in [9.17, 15) is 24.3 Å². The minimum absolute atomic E-state index is 0.0107. The summed E-state index contributed by atoms with van der Waals surface area (Å²) in [6, 6.07) is 5.18. The number of aliphatic hydroxyl groups is 1. The third kappa shape index (κ3) is 9.07. The SMILES string of the molecule is COCCC(=O)NC(CC(C)C)C(=O)NC(C)C(=O)N1C[C@H](O)C[C@H]1C(=O)NCc1ccc(-c2scnc2C)cc1. The third-order valence-corrected chi connectivity index (χ3v) is 7.89. The summed E-state index contributed by atoms with van der Waals surface area (Å²) < 4.78 is 4.93. The number of aliphatic hydroxyl groups excluding tert-OH is 1. The maximum atomic E-state index is 13.3. The number of hydrogen-bond acceptors (Lipinski definition) is 8. The van der Waals surface area contributed by atoms with Crippen LogP contribution in [0.3, 0.4) is 0 Å². The Morgan fingerprint density at radius 3 is 2.46 bits per heavy atom. The van der Waals surface area contributed by atoms with E-state index in [2.05, 4.69) is 20.9 Å². The van der Waals surface area contributed by atoms with E-state index >= 15 is 0 Å². The summed E-state index contributed by atoms with van der Waals surface area (Å²) >= 11 is 1.57. The molecule has 41 heavy (non-hydrogen) atoms. The van der Waals surface area contributed by atoms with Gasteiger partial charge in [0.25, 0.3) is 0 Å². The molecule has 12 heteroatoms. The average molecular weight is 588 g/mol. The molecule has 2 aromatic rings. The first-order valence-electron chi connectivity index (χ1n) is 13.8. The van der Waals surface area contributed by atoms with Gasteiger partial charge in [-0.2, -0.15) is 0 Å². The number of ether oxygens (including phenoxy) is 1. The van der Waals surface area contributed by atoms with Crippen molar-refractivity contribution >= 4 is 35.0 Å². The van der Waals surface area contributed by atoms with Crippen LogP contribution < -0.4 is 16.0 Å². The van der Waals surface area contributed by atoms with Gasteiger partial charge in [-0.3, -0.25) is 19.2 Å². The van der Waals surface area contributed by atoms with Crippen LogP contribution in [0.2, 0.25) is 0 Å². The topological polar surface area (TPSA) is 150 Å². The van der Waals surface area contributed by atoms with Crippen molar-refractivity contribution in [2.45, 2.75) is 77.7 Å². The van der Waals surface area contributed by atoms with Gasteiger partial charge in [0, 0.05) is 33.0 Å². The fourth-order valence-electron chi connectivity index (χ4n) is 4.75. The van der Waals surface area contributed by atoms with Crippen LogP contribution in [0, 0.1) is 12.8 Å². The van der Waals surface area contributed by atoms with Gasteiger partial charge in [0.1, 0.15) is 18.1 Å². The van der Waals surface area contributed by atoms with Gasteiger partial charge in [-0.1, -0.05) is 38.1 Å². The highest BCUT2D eigenvalue weighted by Crippen LogP contribution is 2.27. The van der Waals surface area contributed by atoms with E-state index in [0.717, 1.165) is 21.7 Å². The molecule has 1 aliphatic rings. The Bertz CT molecular complexity index is 1200. The lowest BCUT2D eigenvalue weighted by molar-refractivity contribution is -0.141. The molecule has 4 atom stereocenters. The summed E-state index contributed by atoms with van der Waals surface area (Å²) in [5.74, 6) is -1.54. The second-order valence-electron chi connectivity index (χ2n) is 10.8. The molecule has 224 valence electrons. The van der Waals surface area contributed by atoms with Crippen LogP contribution in [-0.4, -0.2) is 83.1 Å². The standard InChI is InChI=1S/C29H41N5O6S/c1-17(2)12-23(33-25(36)10-11-40-5)27(37)32-19(4)29(39)34-15-22(35)13-24(34)28(38)30-14-20-6-8-21(9-7-20)26-18(3)31-16-41-26/h6-9,16-17,19,22-24,35H,10-15H2,1-5H3,(H,30,38)(H,32,37)(H,33,36)/t19?,22-,23?,24+/m1/s1. The molecule has 0 spiro atoms. The molecular formula is C29H41N5O6S. The van der Waals surface area contributed by atoms with Crippen LogP contribution in [0.15, 0.2) is 29.8 Å². The van der Waals surface area contributed by atoms with Crippen LogP contribution >= 0.6 is 11.3 Å². The fraction of sp³-hybridized carbons (Fsp3) is 0.552. The molecule has 3 rings (SSSR count). The van der Waals surface area contributed by atoms with Crippen LogP contribution in [0.4, 0.5) is 0 Å². The van der Waals surface area contributed by atoms with Crippen LogP contribution in [0.25, 0.3) is 10.4 Å². The van der Waals surface area contributed by atoms with E-state index < -0.39 is 36.0 Å². The van der Waals surface area contributed by atoms with E-state index in [1.165, 1.54) is 18.9 Å². The number of thiazole rings is 1. The summed E-state index contributed by atoms with van der Waals surface area (Å²) in [5, 5.41) is 18.6. The van der Waals surface area contributed by atoms with Crippen molar-refractivity contribution in [1.82, 2.24) is 25.8 Å². The normalized spacial score (nSPS) is 18.2. The molecule has 0 aliphatic carbocycles. The Kier molecular flexibility index (Phi) is 11.8. The largest absolute Gasteiger partial charge is 0.391 e. The molecule has 2 unspecified atom stereocenters. The maximum Gasteiger partial charge on any atom is 0.245 e. The highest BCUT2D eigenvalue weighted by atomic mass is 32.1. The molecule has 1 fully saturated rings. The number of methoxy groups -OCH3 is 1. The van der Waals surface area contributed by atoms with Crippen molar-refractivity contribution in [2.24, 2.45) is 5.92 Å². The second kappa shape index (κ2) is 15.0. The van der Waals surface area contributed by atoms with E-state index in [-0.39, 0.29) is 50.3 Å². The molecule has 1 aromatic heterocycles. The second-order valence-corrected chi connectivity index (χ2v) is 11.7. The number of carbonyl (C=O) groups excluding carboxylic acids is 4. The Morgan fingerprint density at radius 1 is 1.15 bits per heavy atom. The maximum absolute atomic E-state index is 13.3. The van der Waals surface area contributed by atoms with Gasteiger partial charge >= 0.3 is 0 Å². The molecule has 0 bridgehead atoms. The fourth-order valence-corrected chi connectivity index (χ4v) is 5.57. The quantitative estimate of drug-likeness (QED) is 0.279. The minimum Gasteiger partial charge on any atom is -0.391 e. The van der Waals surface area contributed by atoms with Crippen molar-refractivity contribution < 1.29 is 29.0 Å². The van der Waals surface area contributed by atoms with Crippen LogP contribution in [-0.2, 0) is 30.5 Å². The van der Waals surface area contributed by atoms with Gasteiger partial charge in [-0.05, 0) is 37.3 Å². The van der Waals surface area contributed by atoms with Crippen molar-refractivity contribution in [1.29, 1.82) is 0 Å². The van der Waals surface area contributed by atoms with Crippen LogP contribution in [0.5, 0.6) is 0 Å². The predicted molar refractivity (Wildman–Crippen MR) is 156 cm³/mol. The lowest BCUT2D eigenvalue weighted by Gasteiger charge is -2.28. The molecule has 0 radical (unpaired) electrons. The molecule has 1 saturated heterocycles. The van der Waals surface area contributed by atoms with Crippen molar-refractivity contribution in [2.75, 3.05) is 20.3 Å². The zero-order valence-corrected chi connectivity index (χ0v) is 25.1. The summed E-state index contributed by atoms with van der Waals surface area (Å²) in [6.45, 7) is 7.84. The summed E-state index contributed by atoms with van der Waals surface area (Å²) in [5.41, 5.74) is 4.72. The Balaban J connectivity index is 1.58. The highest BCUT2D eigenvalue weighted by molar-refractivity contribution is 7.13. The van der Waals surface area contributed by atoms with Gasteiger partial charge in [0.15, 0.2) is 0 Å². The lowest BCUT2D eigenvalue weighted by atomic mass is 10.0. The Morgan fingerprint density at radius 2 is 1.85 bits per heavy atom. The van der Waals surface area contributed by atoms with Crippen molar-refractivity contribution in [3.63, 3.8) is 0 Å². The number of amides is 4. The number of hydrogen-bond donors (Lipinski definition) is 4. The van der Waals surface area contributed by atoms with E-state index in [4.69, 9.17) is 4.74 Å². The Labute approximate surface area is 245 Å². The summed E-state index contributed by atoms with van der Waals surface area (Å²) in [6.07, 6.45) is -0.240. The molecule has 1 aliphatic heterocycles. The monoisotopic (exact) mass is 587 g/mol. The molecule has 2 heterocycles. The molecule has 1 aromatic carbocycles. The molecule has 4 N–H and O–H groups in total. The van der Waals surface area contributed by atoms with Gasteiger partial charge in [-0.15, -0.1) is 11.3 Å². The number of β-amino-alcohol motifs (C(OH)–C–C–N with tert-alkyl or cyclic N) is 1. The van der Waals surface area contributed by atoms with E-state index in [1.807, 2.05) is 45.0 Å².